The first-order valence-electron chi connectivity index (χ1n) is 8.96. The Bertz CT molecular complexity index is 709. The van der Waals surface area contributed by atoms with E-state index in [-0.39, 0.29) is 18.1 Å². The third kappa shape index (κ3) is 5.02. The molecule has 1 N–H and O–H groups in total. The van der Waals surface area contributed by atoms with Gasteiger partial charge in [-0.05, 0) is 50.7 Å². The molecule has 25 heavy (non-hydrogen) atoms. The summed E-state index contributed by atoms with van der Waals surface area (Å²) in [5.41, 5.74) is 3.08. The van der Waals surface area contributed by atoms with Crippen molar-refractivity contribution in [2.24, 2.45) is 0 Å². The Morgan fingerprint density at radius 3 is 2.64 bits per heavy atom. The summed E-state index contributed by atoms with van der Waals surface area (Å²) in [5, 5.41) is 2.90. The smallest absolute Gasteiger partial charge is 0.317 e. The van der Waals surface area contributed by atoms with Crippen molar-refractivity contribution in [2.45, 2.75) is 58.1 Å². The normalized spacial score (nSPS) is 15.8. The fourth-order valence-corrected chi connectivity index (χ4v) is 3.28. The highest BCUT2D eigenvalue weighted by Crippen LogP contribution is 2.24. The number of hydrogen-bond donors (Lipinski definition) is 1. The average Bonchev–Trinajstić information content (AvgIpc) is 3.08. The Kier molecular flexibility index (Phi) is 5.64. The van der Waals surface area contributed by atoms with Crippen LogP contribution in [-0.2, 0) is 11.2 Å². The van der Waals surface area contributed by atoms with Crippen LogP contribution in [0, 0.1) is 0 Å². The zero-order valence-corrected chi connectivity index (χ0v) is 14.9. The Morgan fingerprint density at radius 1 is 1.24 bits per heavy atom. The minimum absolute atomic E-state index is 0.0000946. The van der Waals surface area contributed by atoms with Crippen LogP contribution >= 0.6 is 0 Å². The lowest BCUT2D eigenvalue weighted by molar-refractivity contribution is -0.119. The van der Waals surface area contributed by atoms with E-state index in [9.17, 15) is 4.79 Å². The van der Waals surface area contributed by atoms with Crippen molar-refractivity contribution in [3.05, 3.63) is 42.1 Å². The molecule has 1 fully saturated rings. The minimum atomic E-state index is -0.0000946. The van der Waals surface area contributed by atoms with Crippen LogP contribution in [0.15, 0.2) is 36.5 Å². The highest BCUT2D eigenvalue weighted by Gasteiger charge is 2.17. The maximum atomic E-state index is 11.1. The summed E-state index contributed by atoms with van der Waals surface area (Å²) in [4.78, 5) is 19.9. The largest absolute Gasteiger partial charge is 0.460 e. The molecular formula is C20H25N3O2. The van der Waals surface area contributed by atoms with Gasteiger partial charge in [0, 0.05) is 24.7 Å². The zero-order valence-electron chi connectivity index (χ0n) is 14.9. The van der Waals surface area contributed by atoms with Crippen LogP contribution in [0.25, 0.3) is 11.3 Å². The molecule has 132 valence electrons. The van der Waals surface area contributed by atoms with E-state index in [0.29, 0.717) is 6.01 Å². The van der Waals surface area contributed by atoms with Gasteiger partial charge in [0.05, 0.1) is 5.69 Å². The molecule has 5 heteroatoms. The number of benzene rings is 1. The first kappa shape index (κ1) is 17.4. The molecule has 2 aromatic rings. The Labute approximate surface area is 148 Å². The maximum absolute atomic E-state index is 11.1. The van der Waals surface area contributed by atoms with Crippen LogP contribution in [0.2, 0.25) is 0 Å². The zero-order chi connectivity index (χ0) is 17.6. The highest BCUT2D eigenvalue weighted by atomic mass is 16.5. The summed E-state index contributed by atoms with van der Waals surface area (Å²) >= 11 is 0. The molecule has 1 amide bonds. The molecule has 1 aromatic heterocycles. The van der Waals surface area contributed by atoms with Gasteiger partial charge in [0.15, 0.2) is 0 Å². The lowest BCUT2D eigenvalue weighted by atomic mass is 10.0. The van der Waals surface area contributed by atoms with Gasteiger partial charge in [0.2, 0.25) is 5.91 Å². The average molecular weight is 339 g/mol. The standard InChI is InChI=1S/C20H25N3O2/c1-14(22-15(2)24)13-16-7-9-17(10-8-16)19-11-12-21-20(23-19)25-18-5-3-4-6-18/h7-12,14,18H,3-6,13H2,1-2H3,(H,22,24). The van der Waals surface area contributed by atoms with Gasteiger partial charge in [-0.2, -0.15) is 4.98 Å². The second kappa shape index (κ2) is 8.10. The summed E-state index contributed by atoms with van der Waals surface area (Å²) in [6.07, 6.45) is 7.45. The molecule has 1 saturated carbocycles. The summed E-state index contributed by atoms with van der Waals surface area (Å²) in [6.45, 7) is 3.55. The van der Waals surface area contributed by atoms with E-state index in [1.807, 2.05) is 13.0 Å². The van der Waals surface area contributed by atoms with Crippen molar-refractivity contribution in [1.82, 2.24) is 15.3 Å². The van der Waals surface area contributed by atoms with E-state index in [2.05, 4.69) is 39.6 Å². The van der Waals surface area contributed by atoms with Crippen LogP contribution in [0.3, 0.4) is 0 Å². The topological polar surface area (TPSA) is 64.1 Å². The van der Waals surface area contributed by atoms with Crippen LogP contribution in [0.4, 0.5) is 0 Å². The Morgan fingerprint density at radius 2 is 1.96 bits per heavy atom. The number of nitrogens with one attached hydrogen (secondary N) is 1. The fraction of sp³-hybridized carbons (Fsp3) is 0.450. The van der Waals surface area contributed by atoms with Crippen LogP contribution in [-0.4, -0.2) is 28.0 Å². The summed E-state index contributed by atoms with van der Waals surface area (Å²) in [7, 11) is 0. The first-order chi connectivity index (χ1) is 12.1. The summed E-state index contributed by atoms with van der Waals surface area (Å²) in [6, 6.07) is 10.7. The van der Waals surface area contributed by atoms with Gasteiger partial charge in [-0.15, -0.1) is 0 Å². The summed E-state index contributed by atoms with van der Waals surface area (Å²) in [5.74, 6) is -0.0000946. The Hall–Kier alpha value is -2.43. The second-order valence-corrected chi connectivity index (χ2v) is 6.75. The van der Waals surface area contributed by atoms with Gasteiger partial charge in [-0.1, -0.05) is 24.3 Å². The van der Waals surface area contributed by atoms with Gasteiger partial charge < -0.3 is 10.1 Å². The van der Waals surface area contributed by atoms with E-state index in [1.165, 1.54) is 18.4 Å². The third-order valence-corrected chi connectivity index (χ3v) is 4.45. The monoisotopic (exact) mass is 339 g/mol. The molecule has 0 radical (unpaired) electrons. The number of aromatic nitrogens is 2. The molecule has 1 aliphatic carbocycles. The minimum Gasteiger partial charge on any atom is -0.460 e. The van der Waals surface area contributed by atoms with Gasteiger partial charge in [0.1, 0.15) is 6.10 Å². The van der Waals surface area contributed by atoms with Crippen LogP contribution in [0.1, 0.15) is 45.1 Å². The fourth-order valence-electron chi connectivity index (χ4n) is 3.28. The van der Waals surface area contributed by atoms with Gasteiger partial charge in [0.25, 0.3) is 0 Å². The van der Waals surface area contributed by atoms with E-state index >= 15 is 0 Å². The molecule has 1 aromatic carbocycles. The lowest BCUT2D eigenvalue weighted by Crippen LogP contribution is -2.31. The molecule has 0 bridgehead atoms. The van der Waals surface area contributed by atoms with Crippen molar-refractivity contribution >= 4 is 5.91 Å². The Balaban J connectivity index is 1.66. The molecule has 5 nitrogen and oxygen atoms in total. The summed E-state index contributed by atoms with van der Waals surface area (Å²) < 4.78 is 5.89. The molecule has 1 heterocycles. The molecule has 0 spiro atoms. The predicted molar refractivity (Wildman–Crippen MR) is 97.3 cm³/mol. The number of carbonyl (C=O) groups is 1. The highest BCUT2D eigenvalue weighted by molar-refractivity contribution is 5.73. The molecule has 1 atom stereocenters. The molecule has 0 saturated heterocycles. The number of ether oxygens (including phenoxy) is 1. The molecule has 0 aliphatic heterocycles. The number of carbonyl (C=O) groups excluding carboxylic acids is 1. The lowest BCUT2D eigenvalue weighted by Gasteiger charge is -2.13. The number of hydrogen-bond acceptors (Lipinski definition) is 4. The SMILES string of the molecule is CC(=O)NC(C)Cc1ccc(-c2ccnc(OC3CCCC3)n2)cc1. The van der Waals surface area contributed by atoms with Crippen molar-refractivity contribution in [3.8, 4) is 17.3 Å². The van der Waals surface area contributed by atoms with Crippen molar-refractivity contribution in [1.29, 1.82) is 0 Å². The van der Waals surface area contributed by atoms with E-state index in [1.54, 1.807) is 13.1 Å². The van der Waals surface area contributed by atoms with E-state index in [4.69, 9.17) is 4.74 Å². The number of amides is 1. The van der Waals surface area contributed by atoms with E-state index in [0.717, 1.165) is 30.5 Å². The van der Waals surface area contributed by atoms with Gasteiger partial charge >= 0.3 is 6.01 Å². The van der Waals surface area contributed by atoms with Crippen molar-refractivity contribution in [2.75, 3.05) is 0 Å². The molecular weight excluding hydrogens is 314 g/mol. The number of nitrogens with zero attached hydrogens (tertiary/aromatic N) is 2. The maximum Gasteiger partial charge on any atom is 0.317 e. The first-order valence-corrected chi connectivity index (χ1v) is 8.96. The van der Waals surface area contributed by atoms with Crippen molar-refractivity contribution < 1.29 is 9.53 Å². The van der Waals surface area contributed by atoms with Gasteiger partial charge in [-0.25, -0.2) is 4.98 Å². The molecule has 1 unspecified atom stereocenters. The third-order valence-electron chi connectivity index (χ3n) is 4.45. The molecule has 3 rings (SSSR count). The number of rotatable bonds is 6. The predicted octanol–water partition coefficient (Wildman–Crippen LogP) is 3.53. The van der Waals surface area contributed by atoms with Gasteiger partial charge in [-0.3, -0.25) is 4.79 Å². The van der Waals surface area contributed by atoms with Crippen LogP contribution < -0.4 is 10.1 Å². The van der Waals surface area contributed by atoms with Crippen LogP contribution in [0.5, 0.6) is 6.01 Å². The van der Waals surface area contributed by atoms with Crippen molar-refractivity contribution in [3.63, 3.8) is 0 Å². The second-order valence-electron chi connectivity index (χ2n) is 6.75. The quantitative estimate of drug-likeness (QED) is 0.874. The molecule has 1 aliphatic rings. The van der Waals surface area contributed by atoms with E-state index < -0.39 is 0 Å².